The number of carbonyl (C=O) groups is 2. The number of likely N-dealkylation sites (N-methyl/N-ethyl adjacent to an activating group) is 1. The lowest BCUT2D eigenvalue weighted by Gasteiger charge is -2.24. The lowest BCUT2D eigenvalue weighted by molar-refractivity contribution is -0.147. The maximum absolute atomic E-state index is 11.2. The molecular formula is C6H10N2O2. The van der Waals surface area contributed by atoms with Crippen LogP contribution in [0.2, 0.25) is 0 Å². The third kappa shape index (κ3) is 1.10. The second-order valence-electron chi connectivity index (χ2n) is 1.74. The maximum Gasteiger partial charge on any atom is 0.311 e. The maximum atomic E-state index is 11.2. The molecular weight excluding hydrogens is 132 g/mol. The standard InChI is InChI=1S/C6H10N2O2/c1-2-8-4-3-7-5(9)6(8)10/h2-4H2,1H3,(H,7,9)/i3D2,4D2. The van der Waals surface area contributed by atoms with Gasteiger partial charge >= 0.3 is 11.8 Å². The van der Waals surface area contributed by atoms with E-state index in [0.29, 0.717) is 4.90 Å². The number of amides is 2. The third-order valence-corrected chi connectivity index (χ3v) is 1.12. The van der Waals surface area contributed by atoms with Crippen molar-refractivity contribution in [1.29, 1.82) is 0 Å². The first-order valence-electron chi connectivity index (χ1n) is 4.88. The fourth-order valence-corrected chi connectivity index (χ4v) is 0.602. The van der Waals surface area contributed by atoms with Crippen molar-refractivity contribution in [2.45, 2.75) is 6.92 Å². The molecule has 1 saturated heterocycles. The van der Waals surface area contributed by atoms with E-state index in [0.717, 1.165) is 0 Å². The Balaban J connectivity index is 3.13. The molecule has 0 unspecified atom stereocenters. The summed E-state index contributed by atoms with van der Waals surface area (Å²) in [4.78, 5) is 22.7. The predicted octanol–water partition coefficient (Wildman–Crippen LogP) is -1.04. The SMILES string of the molecule is [2H]C1([2H])NC(=O)C(=O)N(CC)C1([2H])[2H]. The molecule has 10 heavy (non-hydrogen) atoms. The van der Waals surface area contributed by atoms with Crippen molar-refractivity contribution in [1.82, 2.24) is 10.2 Å². The van der Waals surface area contributed by atoms with Crippen LogP contribution in [0, 0.1) is 0 Å². The molecule has 0 bridgehead atoms. The second kappa shape index (κ2) is 2.68. The fourth-order valence-electron chi connectivity index (χ4n) is 0.602. The van der Waals surface area contributed by atoms with E-state index in [9.17, 15) is 9.59 Å². The average Bonchev–Trinajstić information content (AvgIpc) is 2.01. The van der Waals surface area contributed by atoms with Crippen LogP contribution in [0.1, 0.15) is 12.4 Å². The lowest BCUT2D eigenvalue weighted by atomic mass is 10.3. The molecule has 0 aliphatic carbocycles. The molecule has 1 rings (SSSR count). The predicted molar refractivity (Wildman–Crippen MR) is 35.3 cm³/mol. The Labute approximate surface area is 64.8 Å². The highest BCUT2D eigenvalue weighted by Gasteiger charge is 2.23. The lowest BCUT2D eigenvalue weighted by Crippen LogP contribution is -2.51. The van der Waals surface area contributed by atoms with Crippen molar-refractivity contribution in [3.05, 3.63) is 0 Å². The summed E-state index contributed by atoms with van der Waals surface area (Å²) in [5, 5.41) is 1.69. The molecule has 1 fully saturated rings. The molecule has 1 heterocycles. The van der Waals surface area contributed by atoms with Crippen LogP contribution in [0.25, 0.3) is 0 Å². The van der Waals surface area contributed by atoms with E-state index < -0.39 is 24.8 Å². The van der Waals surface area contributed by atoms with Crippen LogP contribution < -0.4 is 5.32 Å². The molecule has 0 spiro atoms. The van der Waals surface area contributed by atoms with Crippen LogP contribution in [-0.2, 0) is 9.59 Å². The van der Waals surface area contributed by atoms with Crippen molar-refractivity contribution in [2.24, 2.45) is 0 Å². The number of piperazine rings is 1. The topological polar surface area (TPSA) is 49.4 Å². The molecule has 0 aromatic carbocycles. The van der Waals surface area contributed by atoms with Gasteiger partial charge in [-0.25, -0.2) is 0 Å². The zero-order valence-corrected chi connectivity index (χ0v) is 5.47. The molecule has 2 amide bonds. The summed E-state index contributed by atoms with van der Waals surface area (Å²) >= 11 is 0. The number of nitrogens with zero attached hydrogens (tertiary/aromatic N) is 1. The van der Waals surface area contributed by atoms with Gasteiger partial charge in [0.1, 0.15) is 0 Å². The van der Waals surface area contributed by atoms with Gasteiger partial charge in [-0.2, -0.15) is 0 Å². The van der Waals surface area contributed by atoms with E-state index in [1.807, 2.05) is 0 Å². The van der Waals surface area contributed by atoms with E-state index >= 15 is 0 Å². The van der Waals surface area contributed by atoms with Crippen LogP contribution in [-0.4, -0.2) is 36.3 Å². The Bertz CT molecular complexity index is 292. The number of carbonyl (C=O) groups excluding carboxylic acids is 2. The second-order valence-corrected chi connectivity index (χ2v) is 1.74. The molecule has 0 saturated carbocycles. The number of nitrogens with one attached hydrogen (secondary N) is 1. The molecule has 4 heteroatoms. The van der Waals surface area contributed by atoms with Gasteiger partial charge in [-0.1, -0.05) is 0 Å². The summed E-state index contributed by atoms with van der Waals surface area (Å²) in [7, 11) is 0. The van der Waals surface area contributed by atoms with Gasteiger partial charge in [0.2, 0.25) is 0 Å². The first kappa shape index (κ1) is 3.37. The molecule has 56 valence electrons. The summed E-state index contributed by atoms with van der Waals surface area (Å²) in [5.74, 6) is -2.17. The quantitative estimate of drug-likeness (QED) is 0.481. The van der Waals surface area contributed by atoms with Crippen LogP contribution in [0.3, 0.4) is 0 Å². The molecule has 1 aliphatic rings. The summed E-state index contributed by atoms with van der Waals surface area (Å²) in [6, 6.07) is 0. The van der Waals surface area contributed by atoms with Crippen molar-refractivity contribution in [3.63, 3.8) is 0 Å². The zero-order valence-electron chi connectivity index (χ0n) is 9.47. The Morgan fingerprint density at radius 3 is 3.10 bits per heavy atom. The minimum atomic E-state index is -2.56. The summed E-state index contributed by atoms with van der Waals surface area (Å²) in [6.45, 7) is -3.66. The molecule has 4 nitrogen and oxygen atoms in total. The Kier molecular flexibility index (Phi) is 0.903. The largest absolute Gasteiger partial charge is 0.346 e. The van der Waals surface area contributed by atoms with E-state index in [1.54, 1.807) is 5.32 Å². The first-order chi connectivity index (χ1) is 6.24. The molecule has 0 aromatic heterocycles. The molecule has 1 aliphatic heterocycles. The summed E-state index contributed by atoms with van der Waals surface area (Å²) in [6.07, 6.45) is 0. The van der Waals surface area contributed by atoms with Gasteiger partial charge < -0.3 is 10.2 Å². The van der Waals surface area contributed by atoms with E-state index in [4.69, 9.17) is 5.48 Å². The molecule has 0 atom stereocenters. The first-order valence-corrected chi connectivity index (χ1v) is 2.88. The van der Waals surface area contributed by atoms with E-state index in [1.165, 1.54) is 6.92 Å². The van der Waals surface area contributed by atoms with Crippen molar-refractivity contribution < 1.29 is 15.1 Å². The van der Waals surface area contributed by atoms with Crippen LogP contribution in [0.5, 0.6) is 0 Å². The van der Waals surface area contributed by atoms with Gasteiger partial charge in [-0.3, -0.25) is 9.59 Å². The minimum absolute atomic E-state index is 0.0568. The van der Waals surface area contributed by atoms with E-state index in [-0.39, 0.29) is 6.54 Å². The van der Waals surface area contributed by atoms with Crippen LogP contribution >= 0.6 is 0 Å². The number of hydrogen-bond acceptors (Lipinski definition) is 2. The van der Waals surface area contributed by atoms with Gasteiger partial charge in [-0.05, 0) is 6.92 Å². The van der Waals surface area contributed by atoms with Gasteiger partial charge in [0, 0.05) is 19.5 Å². The molecule has 0 radical (unpaired) electrons. The third-order valence-electron chi connectivity index (χ3n) is 1.12. The average molecular weight is 146 g/mol. The fraction of sp³-hybridized carbons (Fsp3) is 0.667. The highest BCUT2D eigenvalue weighted by molar-refractivity contribution is 6.35. The number of rotatable bonds is 1. The Hall–Kier alpha value is -1.06. The van der Waals surface area contributed by atoms with Gasteiger partial charge in [0.15, 0.2) is 0 Å². The monoisotopic (exact) mass is 146 g/mol. The van der Waals surface area contributed by atoms with Gasteiger partial charge in [-0.15, -0.1) is 0 Å². The highest BCUT2D eigenvalue weighted by Crippen LogP contribution is 1.93. The Morgan fingerprint density at radius 2 is 2.50 bits per heavy atom. The van der Waals surface area contributed by atoms with E-state index in [2.05, 4.69) is 0 Å². The summed E-state index contributed by atoms with van der Waals surface area (Å²) < 4.78 is 29.3. The minimum Gasteiger partial charge on any atom is -0.346 e. The highest BCUT2D eigenvalue weighted by atomic mass is 16.2. The van der Waals surface area contributed by atoms with Crippen LogP contribution in [0.15, 0.2) is 0 Å². The summed E-state index contributed by atoms with van der Waals surface area (Å²) in [5.41, 5.74) is 0. The van der Waals surface area contributed by atoms with Crippen molar-refractivity contribution in [2.75, 3.05) is 19.5 Å². The molecule has 0 aromatic rings. The normalized spacial score (nSPS) is 35.1. The Morgan fingerprint density at radius 1 is 1.80 bits per heavy atom. The van der Waals surface area contributed by atoms with Gasteiger partial charge in [0.25, 0.3) is 0 Å². The van der Waals surface area contributed by atoms with Gasteiger partial charge in [0.05, 0.1) is 5.48 Å². The zero-order chi connectivity index (χ0) is 11.1. The smallest absolute Gasteiger partial charge is 0.311 e. The van der Waals surface area contributed by atoms with Crippen LogP contribution in [0.4, 0.5) is 0 Å². The van der Waals surface area contributed by atoms with Crippen molar-refractivity contribution >= 4 is 11.8 Å². The molecule has 1 N–H and O–H groups in total. The van der Waals surface area contributed by atoms with Crippen molar-refractivity contribution in [3.8, 4) is 0 Å². The number of hydrogen-bond donors (Lipinski definition) is 1.